The lowest BCUT2D eigenvalue weighted by atomic mass is 10.1. The van der Waals surface area contributed by atoms with Crippen LogP contribution < -0.4 is 15.5 Å². The fourth-order valence-electron chi connectivity index (χ4n) is 2.70. The van der Waals surface area contributed by atoms with Gasteiger partial charge >= 0.3 is 6.03 Å². The zero-order chi connectivity index (χ0) is 15.6. The van der Waals surface area contributed by atoms with Gasteiger partial charge in [-0.3, -0.25) is 5.10 Å². The molecule has 2 amide bonds. The molecule has 3 N–H and O–H groups in total. The average molecular weight is 313 g/mol. The molecule has 1 aliphatic carbocycles. The Labute approximate surface area is 133 Å². The van der Waals surface area contributed by atoms with Crippen molar-refractivity contribution >= 4 is 11.8 Å². The van der Waals surface area contributed by atoms with Crippen LogP contribution in [0.4, 0.5) is 10.6 Å². The summed E-state index contributed by atoms with van der Waals surface area (Å²) in [6.07, 6.45) is 5.70. The second-order valence-electron chi connectivity index (χ2n) is 6.09. The van der Waals surface area contributed by atoms with E-state index in [0.717, 1.165) is 30.3 Å². The highest BCUT2D eigenvalue weighted by molar-refractivity contribution is 5.74. The van der Waals surface area contributed by atoms with Crippen molar-refractivity contribution in [1.82, 2.24) is 30.8 Å². The highest BCUT2D eigenvalue weighted by Crippen LogP contribution is 2.38. The lowest BCUT2D eigenvalue weighted by molar-refractivity contribution is 0.233. The van der Waals surface area contributed by atoms with Crippen molar-refractivity contribution in [2.24, 2.45) is 0 Å². The molecule has 1 saturated carbocycles. The Bertz CT molecular complexity index is 676. The first kappa shape index (κ1) is 14.0. The largest absolute Gasteiger partial charge is 0.352 e. The van der Waals surface area contributed by atoms with E-state index in [1.54, 1.807) is 6.20 Å². The van der Waals surface area contributed by atoms with Gasteiger partial charge in [0.25, 0.3) is 0 Å². The number of anilines is 1. The lowest BCUT2D eigenvalue weighted by Crippen LogP contribution is -2.61. The number of hydrogen-bond acceptors (Lipinski definition) is 5. The third kappa shape index (κ3) is 3.25. The monoisotopic (exact) mass is 313 g/mol. The molecule has 2 aliphatic rings. The van der Waals surface area contributed by atoms with Gasteiger partial charge in [-0.25, -0.2) is 14.8 Å². The Morgan fingerprint density at radius 3 is 3.00 bits per heavy atom. The molecular weight excluding hydrogens is 294 g/mol. The van der Waals surface area contributed by atoms with Crippen LogP contribution in [0.15, 0.2) is 24.7 Å². The van der Waals surface area contributed by atoms with E-state index in [2.05, 4.69) is 35.7 Å². The molecule has 2 aromatic heterocycles. The second-order valence-corrected chi connectivity index (χ2v) is 6.09. The number of aromatic amines is 1. The van der Waals surface area contributed by atoms with Crippen LogP contribution in [0.3, 0.4) is 0 Å². The van der Waals surface area contributed by atoms with Gasteiger partial charge < -0.3 is 15.5 Å². The van der Waals surface area contributed by atoms with Crippen molar-refractivity contribution in [1.29, 1.82) is 0 Å². The molecule has 0 atom stereocenters. The van der Waals surface area contributed by atoms with Gasteiger partial charge in [-0.05, 0) is 25.0 Å². The molecule has 0 radical (unpaired) electrons. The summed E-state index contributed by atoms with van der Waals surface area (Å²) in [7, 11) is 0. The predicted octanol–water partition coefficient (Wildman–Crippen LogP) is 0.765. The van der Waals surface area contributed by atoms with Crippen molar-refractivity contribution in [2.75, 3.05) is 18.0 Å². The van der Waals surface area contributed by atoms with E-state index in [1.165, 1.54) is 19.2 Å². The minimum Gasteiger partial charge on any atom is -0.352 e. The topological polar surface area (TPSA) is 98.8 Å². The standard InChI is InChI=1S/C15H19N7O/c23-15(17-6-11-5-13(21-20-11)10-1-2-10)19-12-7-22(8-12)14-3-4-16-9-18-14/h3-5,9-10,12H,1-2,6-8H2,(H,20,21)(H2,17,19,23). The number of H-pyrrole nitrogens is 1. The molecule has 0 unspecified atom stereocenters. The van der Waals surface area contributed by atoms with Crippen molar-refractivity contribution in [3.63, 3.8) is 0 Å². The van der Waals surface area contributed by atoms with Crippen LogP contribution >= 0.6 is 0 Å². The summed E-state index contributed by atoms with van der Waals surface area (Å²) in [4.78, 5) is 22.1. The number of rotatable bonds is 5. The molecule has 1 aliphatic heterocycles. The van der Waals surface area contributed by atoms with Crippen LogP contribution in [-0.4, -0.2) is 45.3 Å². The minimum atomic E-state index is -0.153. The maximum Gasteiger partial charge on any atom is 0.315 e. The summed E-state index contributed by atoms with van der Waals surface area (Å²) in [6, 6.07) is 3.90. The number of nitrogens with zero attached hydrogens (tertiary/aromatic N) is 4. The fourth-order valence-corrected chi connectivity index (χ4v) is 2.70. The highest BCUT2D eigenvalue weighted by atomic mass is 16.2. The van der Waals surface area contributed by atoms with Crippen LogP contribution in [0, 0.1) is 0 Å². The maximum absolute atomic E-state index is 11.9. The Morgan fingerprint density at radius 2 is 2.26 bits per heavy atom. The smallest absolute Gasteiger partial charge is 0.315 e. The number of nitrogens with one attached hydrogen (secondary N) is 3. The van der Waals surface area contributed by atoms with Gasteiger partial charge in [-0.15, -0.1) is 0 Å². The van der Waals surface area contributed by atoms with Crippen LogP contribution in [-0.2, 0) is 6.54 Å². The van der Waals surface area contributed by atoms with Gasteiger partial charge in [-0.1, -0.05) is 0 Å². The first-order valence-electron chi connectivity index (χ1n) is 7.87. The Hall–Kier alpha value is -2.64. The van der Waals surface area contributed by atoms with Crippen LogP contribution in [0.5, 0.6) is 0 Å². The van der Waals surface area contributed by atoms with Gasteiger partial charge in [0.1, 0.15) is 12.1 Å². The molecule has 4 rings (SSSR count). The predicted molar refractivity (Wildman–Crippen MR) is 84.0 cm³/mol. The van der Waals surface area contributed by atoms with E-state index in [0.29, 0.717) is 12.5 Å². The van der Waals surface area contributed by atoms with E-state index >= 15 is 0 Å². The third-order valence-electron chi connectivity index (χ3n) is 4.19. The van der Waals surface area contributed by atoms with Gasteiger partial charge in [0, 0.05) is 25.2 Å². The molecule has 23 heavy (non-hydrogen) atoms. The Balaban J connectivity index is 1.19. The molecule has 8 nitrogen and oxygen atoms in total. The van der Waals surface area contributed by atoms with Crippen LogP contribution in [0.2, 0.25) is 0 Å². The van der Waals surface area contributed by atoms with E-state index in [1.807, 2.05) is 12.1 Å². The number of hydrogen-bond donors (Lipinski definition) is 3. The van der Waals surface area contributed by atoms with Crippen molar-refractivity contribution in [2.45, 2.75) is 31.3 Å². The third-order valence-corrected chi connectivity index (χ3v) is 4.19. The van der Waals surface area contributed by atoms with Gasteiger partial charge in [0.15, 0.2) is 0 Å². The normalized spacial score (nSPS) is 17.7. The molecule has 8 heteroatoms. The van der Waals surface area contributed by atoms with E-state index in [9.17, 15) is 4.79 Å². The Kier molecular flexibility index (Phi) is 3.57. The fraction of sp³-hybridized carbons (Fsp3) is 0.467. The number of carbonyl (C=O) groups excluding carboxylic acids is 1. The zero-order valence-electron chi connectivity index (χ0n) is 12.7. The molecule has 2 fully saturated rings. The molecule has 3 heterocycles. The number of amides is 2. The summed E-state index contributed by atoms with van der Waals surface area (Å²) >= 11 is 0. The summed E-state index contributed by atoms with van der Waals surface area (Å²) in [5.41, 5.74) is 2.06. The average Bonchev–Trinajstić information content (AvgIpc) is 3.28. The molecule has 0 spiro atoms. The summed E-state index contributed by atoms with van der Waals surface area (Å²) < 4.78 is 0. The SMILES string of the molecule is O=C(NCc1cc(C2CC2)n[nH]1)NC1CN(c2ccncn2)C1. The quantitative estimate of drug-likeness (QED) is 0.757. The molecule has 120 valence electrons. The van der Waals surface area contributed by atoms with Crippen LogP contribution in [0.25, 0.3) is 0 Å². The molecular formula is C15H19N7O. The molecule has 0 bridgehead atoms. The van der Waals surface area contributed by atoms with E-state index in [-0.39, 0.29) is 12.1 Å². The summed E-state index contributed by atoms with van der Waals surface area (Å²) in [6.45, 7) is 1.99. The molecule has 2 aromatic rings. The number of carbonyl (C=O) groups is 1. The number of aromatic nitrogens is 4. The van der Waals surface area contributed by atoms with Gasteiger partial charge in [0.05, 0.1) is 24.0 Å². The minimum absolute atomic E-state index is 0.147. The van der Waals surface area contributed by atoms with Gasteiger partial charge in [0.2, 0.25) is 0 Å². The zero-order valence-corrected chi connectivity index (χ0v) is 12.7. The first-order chi connectivity index (χ1) is 11.3. The van der Waals surface area contributed by atoms with Crippen molar-refractivity contribution in [3.05, 3.63) is 36.0 Å². The molecule has 0 aromatic carbocycles. The van der Waals surface area contributed by atoms with Crippen molar-refractivity contribution in [3.8, 4) is 0 Å². The maximum atomic E-state index is 11.9. The number of urea groups is 1. The van der Waals surface area contributed by atoms with Gasteiger partial charge in [-0.2, -0.15) is 5.10 Å². The summed E-state index contributed by atoms with van der Waals surface area (Å²) in [5.74, 6) is 1.51. The second kappa shape index (κ2) is 5.86. The first-order valence-corrected chi connectivity index (χ1v) is 7.87. The van der Waals surface area contributed by atoms with Crippen LogP contribution in [0.1, 0.15) is 30.1 Å². The summed E-state index contributed by atoms with van der Waals surface area (Å²) in [5, 5.41) is 13.1. The van der Waals surface area contributed by atoms with E-state index < -0.39 is 0 Å². The highest BCUT2D eigenvalue weighted by Gasteiger charge is 2.29. The Morgan fingerprint density at radius 1 is 1.39 bits per heavy atom. The molecule has 1 saturated heterocycles. The lowest BCUT2D eigenvalue weighted by Gasteiger charge is -2.40. The van der Waals surface area contributed by atoms with E-state index in [4.69, 9.17) is 0 Å². The van der Waals surface area contributed by atoms with Crippen molar-refractivity contribution < 1.29 is 4.79 Å².